The van der Waals surface area contributed by atoms with Gasteiger partial charge in [0, 0.05) is 29.3 Å². The van der Waals surface area contributed by atoms with E-state index in [4.69, 9.17) is 0 Å². The van der Waals surface area contributed by atoms with Crippen molar-refractivity contribution >= 4 is 33.2 Å². The molecule has 0 N–H and O–H groups in total. The molecule has 128 valence electrons. The predicted octanol–water partition coefficient (Wildman–Crippen LogP) is 4.74. The fourth-order valence-electron chi connectivity index (χ4n) is 2.95. The number of alkyl halides is 3. The Morgan fingerprint density at radius 1 is 1.39 bits per heavy atom. The Balaban J connectivity index is 2.29. The Hall–Kier alpha value is -1.24. The summed E-state index contributed by atoms with van der Waals surface area (Å²) in [6, 6.07) is 5.34. The average molecular weight is 393 g/mol. The molecule has 0 aliphatic carbocycles. The lowest BCUT2D eigenvalue weighted by Gasteiger charge is -2.36. The molecule has 1 heterocycles. The van der Waals surface area contributed by atoms with Gasteiger partial charge in [0.1, 0.15) is 0 Å². The lowest BCUT2D eigenvalue weighted by molar-refractivity contribution is -0.170. The van der Waals surface area contributed by atoms with Crippen LogP contribution in [0.25, 0.3) is 0 Å². The minimum Gasteiger partial charge on any atom is -0.368 e. The van der Waals surface area contributed by atoms with Gasteiger partial charge in [-0.1, -0.05) is 0 Å². The van der Waals surface area contributed by atoms with Crippen molar-refractivity contribution in [2.45, 2.75) is 45.3 Å². The molecule has 0 radical (unpaired) electrons. The SMILES string of the molecule is CCN(C(=O)C(F)(F)F)c1ccc(N2CCCCC2C)c(Br)c1. The Morgan fingerprint density at radius 2 is 2.09 bits per heavy atom. The summed E-state index contributed by atoms with van der Waals surface area (Å²) in [5.74, 6) is -1.84. The van der Waals surface area contributed by atoms with E-state index in [1.54, 1.807) is 18.2 Å². The van der Waals surface area contributed by atoms with E-state index in [9.17, 15) is 18.0 Å². The highest BCUT2D eigenvalue weighted by Crippen LogP contribution is 2.35. The van der Waals surface area contributed by atoms with Crippen LogP contribution in [-0.4, -0.2) is 31.2 Å². The van der Waals surface area contributed by atoms with Gasteiger partial charge in [-0.05, 0) is 67.2 Å². The molecule has 7 heteroatoms. The largest absolute Gasteiger partial charge is 0.471 e. The molecule has 0 saturated carbocycles. The number of carbonyl (C=O) groups excluding carboxylic acids is 1. The molecule has 1 aromatic rings. The summed E-state index contributed by atoms with van der Waals surface area (Å²) in [7, 11) is 0. The second kappa shape index (κ2) is 7.11. The summed E-state index contributed by atoms with van der Waals surface area (Å²) in [4.78, 5) is 14.5. The minimum atomic E-state index is -4.87. The van der Waals surface area contributed by atoms with Crippen molar-refractivity contribution in [2.75, 3.05) is 22.9 Å². The van der Waals surface area contributed by atoms with Crippen LogP contribution in [0.2, 0.25) is 0 Å². The number of benzene rings is 1. The molecule has 3 nitrogen and oxygen atoms in total. The van der Waals surface area contributed by atoms with Gasteiger partial charge in [0.15, 0.2) is 0 Å². The fourth-order valence-corrected chi connectivity index (χ4v) is 3.54. The fraction of sp³-hybridized carbons (Fsp3) is 0.562. The van der Waals surface area contributed by atoms with Crippen molar-refractivity contribution in [3.63, 3.8) is 0 Å². The van der Waals surface area contributed by atoms with Crippen LogP contribution in [0, 0.1) is 0 Å². The van der Waals surface area contributed by atoms with Gasteiger partial charge in [0.25, 0.3) is 0 Å². The lowest BCUT2D eigenvalue weighted by Crippen LogP contribution is -2.41. The van der Waals surface area contributed by atoms with Gasteiger partial charge in [-0.3, -0.25) is 4.79 Å². The van der Waals surface area contributed by atoms with E-state index < -0.39 is 12.1 Å². The first-order valence-corrected chi connectivity index (χ1v) is 8.50. The smallest absolute Gasteiger partial charge is 0.368 e. The zero-order valence-corrected chi connectivity index (χ0v) is 14.7. The van der Waals surface area contributed by atoms with Crippen molar-refractivity contribution in [3.8, 4) is 0 Å². The van der Waals surface area contributed by atoms with Crippen molar-refractivity contribution in [3.05, 3.63) is 22.7 Å². The summed E-state index contributed by atoms with van der Waals surface area (Å²) in [5.41, 5.74) is 1.20. The zero-order chi connectivity index (χ0) is 17.2. The molecule has 23 heavy (non-hydrogen) atoms. The second-order valence-electron chi connectivity index (χ2n) is 5.72. The maximum absolute atomic E-state index is 12.7. The summed E-state index contributed by atoms with van der Waals surface area (Å²) < 4.78 is 38.8. The molecule has 0 aromatic heterocycles. The topological polar surface area (TPSA) is 23.6 Å². The monoisotopic (exact) mass is 392 g/mol. The molecular weight excluding hydrogens is 373 g/mol. The molecule has 1 aliphatic heterocycles. The van der Waals surface area contributed by atoms with Gasteiger partial charge in [0.2, 0.25) is 0 Å². The molecule has 1 amide bonds. The summed E-state index contributed by atoms with van der Waals surface area (Å²) in [5, 5.41) is 0. The van der Waals surface area contributed by atoms with E-state index in [0.717, 1.165) is 30.0 Å². The van der Waals surface area contributed by atoms with Crippen LogP contribution in [0.15, 0.2) is 22.7 Å². The third kappa shape index (κ3) is 4.00. The van der Waals surface area contributed by atoms with E-state index in [1.165, 1.54) is 13.3 Å². The third-order valence-electron chi connectivity index (χ3n) is 4.16. The highest BCUT2D eigenvalue weighted by Gasteiger charge is 2.42. The Labute approximate surface area is 142 Å². The number of anilines is 2. The highest BCUT2D eigenvalue weighted by molar-refractivity contribution is 9.10. The van der Waals surface area contributed by atoms with Crippen LogP contribution >= 0.6 is 15.9 Å². The van der Waals surface area contributed by atoms with E-state index in [-0.39, 0.29) is 12.2 Å². The molecule has 0 bridgehead atoms. The average Bonchev–Trinajstić information content (AvgIpc) is 2.48. The number of rotatable bonds is 3. The molecule has 1 atom stereocenters. The Morgan fingerprint density at radius 3 is 2.61 bits per heavy atom. The Bertz CT molecular complexity index is 577. The van der Waals surface area contributed by atoms with Crippen molar-refractivity contribution in [1.29, 1.82) is 0 Å². The maximum atomic E-state index is 12.7. The van der Waals surface area contributed by atoms with Crippen LogP contribution in [0.5, 0.6) is 0 Å². The Kier molecular flexibility index (Phi) is 5.60. The maximum Gasteiger partial charge on any atom is 0.471 e. The van der Waals surface area contributed by atoms with Crippen molar-refractivity contribution in [1.82, 2.24) is 0 Å². The highest BCUT2D eigenvalue weighted by atomic mass is 79.9. The number of amides is 1. The van der Waals surface area contributed by atoms with Crippen LogP contribution in [-0.2, 0) is 4.79 Å². The summed E-state index contributed by atoms with van der Waals surface area (Å²) >= 11 is 3.45. The minimum absolute atomic E-state index is 0.0375. The van der Waals surface area contributed by atoms with Gasteiger partial charge in [-0.15, -0.1) is 0 Å². The molecular formula is C16H20BrF3N2O. The number of hydrogen-bond acceptors (Lipinski definition) is 2. The van der Waals surface area contributed by atoms with Crippen LogP contribution in [0.1, 0.15) is 33.1 Å². The van der Waals surface area contributed by atoms with Crippen LogP contribution in [0.3, 0.4) is 0 Å². The first-order chi connectivity index (χ1) is 10.8. The summed E-state index contributed by atoms with van der Waals surface area (Å²) in [6.45, 7) is 4.56. The normalized spacial score (nSPS) is 18.9. The zero-order valence-electron chi connectivity index (χ0n) is 13.2. The molecule has 1 fully saturated rings. The van der Waals surface area contributed by atoms with E-state index in [0.29, 0.717) is 10.5 Å². The van der Waals surface area contributed by atoms with Crippen molar-refractivity contribution in [2.24, 2.45) is 0 Å². The lowest BCUT2D eigenvalue weighted by atomic mass is 10.0. The van der Waals surface area contributed by atoms with Gasteiger partial charge < -0.3 is 9.80 Å². The predicted molar refractivity (Wildman–Crippen MR) is 88.9 cm³/mol. The van der Waals surface area contributed by atoms with Crippen LogP contribution < -0.4 is 9.80 Å². The van der Waals surface area contributed by atoms with Crippen molar-refractivity contribution < 1.29 is 18.0 Å². The van der Waals surface area contributed by atoms with Gasteiger partial charge in [0.05, 0.1) is 5.69 Å². The van der Waals surface area contributed by atoms with Gasteiger partial charge in [-0.2, -0.15) is 13.2 Å². The van der Waals surface area contributed by atoms with E-state index in [1.807, 2.05) is 0 Å². The summed E-state index contributed by atoms with van der Waals surface area (Å²) in [6.07, 6.45) is -1.48. The number of nitrogens with zero attached hydrogens (tertiary/aromatic N) is 2. The second-order valence-corrected chi connectivity index (χ2v) is 6.58. The molecule has 1 unspecified atom stereocenters. The molecule has 2 rings (SSSR count). The van der Waals surface area contributed by atoms with E-state index in [2.05, 4.69) is 27.8 Å². The first kappa shape index (κ1) is 18.1. The molecule has 1 aliphatic rings. The van der Waals surface area contributed by atoms with Gasteiger partial charge >= 0.3 is 12.1 Å². The standard InChI is InChI=1S/C16H20BrF3N2O/c1-3-21(15(23)16(18,19)20)12-7-8-14(13(17)10-12)22-9-5-4-6-11(22)2/h7-8,10-11H,3-6,9H2,1-2H3. The molecule has 1 aromatic carbocycles. The number of carbonyl (C=O) groups is 1. The molecule has 0 spiro atoms. The van der Waals surface area contributed by atoms with Gasteiger partial charge in [-0.25, -0.2) is 0 Å². The molecule has 1 saturated heterocycles. The number of piperidine rings is 1. The first-order valence-electron chi connectivity index (χ1n) is 7.70. The third-order valence-corrected chi connectivity index (χ3v) is 4.79. The quantitative estimate of drug-likeness (QED) is 0.741. The van der Waals surface area contributed by atoms with Crippen LogP contribution in [0.4, 0.5) is 24.5 Å². The van der Waals surface area contributed by atoms with E-state index >= 15 is 0 Å². The number of hydrogen-bond donors (Lipinski definition) is 0. The number of halogens is 4.